The molecule has 0 heterocycles. The lowest BCUT2D eigenvalue weighted by Gasteiger charge is -2.36. The Kier molecular flexibility index (Phi) is 5.39. The zero-order chi connectivity index (χ0) is 13.7. The van der Waals surface area contributed by atoms with E-state index in [0.29, 0.717) is 0 Å². The van der Waals surface area contributed by atoms with Crippen molar-refractivity contribution in [3.05, 3.63) is 12.7 Å². The van der Waals surface area contributed by atoms with Crippen LogP contribution in [0.4, 0.5) is 0 Å². The highest BCUT2D eigenvalue weighted by Crippen LogP contribution is 2.38. The summed E-state index contributed by atoms with van der Waals surface area (Å²) < 4.78 is 9.78. The standard InChI is InChI=1S/C13H22O4/c1-7-10(14)16-8-9-17-11(15)13(5,6)12(2,3)4/h7H,1,8-9H2,2-6H3. The predicted molar refractivity (Wildman–Crippen MR) is 65.4 cm³/mol. The summed E-state index contributed by atoms with van der Waals surface area (Å²) in [6, 6.07) is 0. The minimum atomic E-state index is -0.588. The number of rotatable bonds is 5. The molecule has 0 radical (unpaired) electrons. The Morgan fingerprint density at radius 2 is 1.53 bits per heavy atom. The quantitative estimate of drug-likeness (QED) is 0.422. The van der Waals surface area contributed by atoms with Gasteiger partial charge in [0.2, 0.25) is 0 Å². The molecule has 0 spiro atoms. The van der Waals surface area contributed by atoms with Crippen molar-refractivity contribution in [2.75, 3.05) is 13.2 Å². The number of esters is 2. The molecule has 0 unspecified atom stereocenters. The van der Waals surface area contributed by atoms with Crippen molar-refractivity contribution in [3.8, 4) is 0 Å². The van der Waals surface area contributed by atoms with Gasteiger partial charge in [0.05, 0.1) is 5.41 Å². The van der Waals surface area contributed by atoms with Crippen LogP contribution < -0.4 is 0 Å². The molecule has 0 N–H and O–H groups in total. The molecule has 0 aromatic heterocycles. The molecular weight excluding hydrogens is 220 g/mol. The van der Waals surface area contributed by atoms with Crippen molar-refractivity contribution in [2.45, 2.75) is 34.6 Å². The number of hydrogen-bond acceptors (Lipinski definition) is 4. The minimum absolute atomic E-state index is 0.0524. The zero-order valence-electron chi connectivity index (χ0n) is 11.3. The van der Waals surface area contributed by atoms with Gasteiger partial charge in [-0.2, -0.15) is 0 Å². The highest BCUT2D eigenvalue weighted by atomic mass is 16.6. The Morgan fingerprint density at radius 1 is 1.06 bits per heavy atom. The van der Waals surface area contributed by atoms with Crippen LogP contribution in [0, 0.1) is 10.8 Å². The average molecular weight is 242 g/mol. The topological polar surface area (TPSA) is 52.6 Å². The first-order chi connectivity index (χ1) is 7.63. The summed E-state index contributed by atoms with van der Waals surface area (Å²) in [6.45, 7) is 13.0. The maximum absolute atomic E-state index is 11.8. The van der Waals surface area contributed by atoms with E-state index in [1.54, 1.807) is 0 Å². The van der Waals surface area contributed by atoms with Gasteiger partial charge in [-0.3, -0.25) is 4.79 Å². The van der Waals surface area contributed by atoms with Crippen molar-refractivity contribution in [3.63, 3.8) is 0 Å². The van der Waals surface area contributed by atoms with Crippen molar-refractivity contribution < 1.29 is 19.1 Å². The van der Waals surface area contributed by atoms with Crippen LogP contribution in [0.3, 0.4) is 0 Å². The monoisotopic (exact) mass is 242 g/mol. The Morgan fingerprint density at radius 3 is 1.94 bits per heavy atom. The number of hydrogen-bond donors (Lipinski definition) is 0. The second kappa shape index (κ2) is 5.84. The molecule has 0 fully saturated rings. The lowest BCUT2D eigenvalue weighted by Crippen LogP contribution is -2.39. The van der Waals surface area contributed by atoms with E-state index in [1.807, 2.05) is 34.6 Å². The number of carbonyl (C=O) groups is 2. The first-order valence-corrected chi connectivity index (χ1v) is 5.59. The summed E-state index contributed by atoms with van der Waals surface area (Å²) in [4.78, 5) is 22.6. The summed E-state index contributed by atoms with van der Waals surface area (Å²) in [5, 5.41) is 0. The predicted octanol–water partition coefficient (Wildman–Crippen LogP) is 2.33. The minimum Gasteiger partial charge on any atom is -0.462 e. The van der Waals surface area contributed by atoms with Gasteiger partial charge in [0.25, 0.3) is 0 Å². The highest BCUT2D eigenvalue weighted by molar-refractivity contribution is 5.81. The number of ether oxygens (including phenoxy) is 2. The van der Waals surface area contributed by atoms with Gasteiger partial charge >= 0.3 is 11.9 Å². The van der Waals surface area contributed by atoms with Gasteiger partial charge in [0.1, 0.15) is 13.2 Å². The van der Waals surface area contributed by atoms with Crippen LogP contribution in [0.5, 0.6) is 0 Å². The number of carbonyl (C=O) groups excluding carboxylic acids is 2. The first kappa shape index (κ1) is 15.7. The van der Waals surface area contributed by atoms with Crippen molar-refractivity contribution in [2.24, 2.45) is 10.8 Å². The summed E-state index contributed by atoms with van der Waals surface area (Å²) in [7, 11) is 0. The molecule has 4 nitrogen and oxygen atoms in total. The smallest absolute Gasteiger partial charge is 0.330 e. The summed E-state index contributed by atoms with van der Waals surface area (Å²) in [5.41, 5.74) is -0.780. The van der Waals surface area contributed by atoms with E-state index < -0.39 is 11.4 Å². The Labute approximate surface area is 103 Å². The van der Waals surface area contributed by atoms with Gasteiger partial charge in [-0.1, -0.05) is 27.4 Å². The van der Waals surface area contributed by atoms with Gasteiger partial charge in [-0.15, -0.1) is 0 Å². The third kappa shape index (κ3) is 4.59. The molecular formula is C13H22O4. The van der Waals surface area contributed by atoms with Gasteiger partial charge in [0, 0.05) is 6.08 Å². The third-order valence-corrected chi connectivity index (χ3v) is 3.11. The second-order valence-electron chi connectivity index (χ2n) is 5.38. The largest absolute Gasteiger partial charge is 0.462 e. The SMILES string of the molecule is C=CC(=O)OCCOC(=O)C(C)(C)C(C)(C)C. The fourth-order valence-corrected chi connectivity index (χ4v) is 0.822. The molecule has 0 amide bonds. The molecule has 0 aliphatic heterocycles. The Hall–Kier alpha value is -1.32. The molecule has 0 aliphatic rings. The van der Waals surface area contributed by atoms with E-state index >= 15 is 0 Å². The van der Waals surface area contributed by atoms with Gasteiger partial charge < -0.3 is 9.47 Å². The van der Waals surface area contributed by atoms with E-state index in [-0.39, 0.29) is 24.6 Å². The van der Waals surface area contributed by atoms with Crippen LogP contribution in [0.2, 0.25) is 0 Å². The summed E-state index contributed by atoms with van der Waals surface area (Å²) in [6.07, 6.45) is 1.07. The first-order valence-electron chi connectivity index (χ1n) is 5.59. The van der Waals surface area contributed by atoms with Gasteiger partial charge in [-0.05, 0) is 19.3 Å². The van der Waals surface area contributed by atoms with Crippen LogP contribution in [0.25, 0.3) is 0 Å². The molecule has 17 heavy (non-hydrogen) atoms. The van der Waals surface area contributed by atoms with Crippen LogP contribution in [-0.2, 0) is 19.1 Å². The fraction of sp³-hybridized carbons (Fsp3) is 0.692. The maximum Gasteiger partial charge on any atom is 0.330 e. The van der Waals surface area contributed by atoms with Crippen molar-refractivity contribution in [1.29, 1.82) is 0 Å². The van der Waals surface area contributed by atoms with E-state index in [2.05, 4.69) is 6.58 Å². The van der Waals surface area contributed by atoms with Crippen molar-refractivity contribution >= 4 is 11.9 Å². The van der Waals surface area contributed by atoms with Gasteiger partial charge in [0.15, 0.2) is 0 Å². The Bertz CT molecular complexity index is 297. The maximum atomic E-state index is 11.8. The molecule has 98 valence electrons. The van der Waals surface area contributed by atoms with Crippen LogP contribution in [0.15, 0.2) is 12.7 Å². The van der Waals surface area contributed by atoms with E-state index in [0.717, 1.165) is 6.08 Å². The fourth-order valence-electron chi connectivity index (χ4n) is 0.822. The summed E-state index contributed by atoms with van der Waals surface area (Å²) >= 11 is 0. The average Bonchev–Trinajstić information content (AvgIpc) is 2.21. The molecule has 0 rings (SSSR count). The van der Waals surface area contributed by atoms with E-state index in [4.69, 9.17) is 9.47 Å². The zero-order valence-corrected chi connectivity index (χ0v) is 11.3. The van der Waals surface area contributed by atoms with Gasteiger partial charge in [-0.25, -0.2) is 4.79 Å². The van der Waals surface area contributed by atoms with Crippen LogP contribution >= 0.6 is 0 Å². The highest BCUT2D eigenvalue weighted by Gasteiger charge is 2.41. The van der Waals surface area contributed by atoms with E-state index in [9.17, 15) is 9.59 Å². The molecule has 0 bridgehead atoms. The lowest BCUT2D eigenvalue weighted by molar-refractivity contribution is -0.163. The molecule has 0 aromatic rings. The Balaban J connectivity index is 4.11. The molecule has 0 saturated heterocycles. The van der Waals surface area contributed by atoms with Crippen LogP contribution in [0.1, 0.15) is 34.6 Å². The summed E-state index contributed by atoms with van der Waals surface area (Å²) in [5.74, 6) is -0.809. The molecule has 0 aromatic carbocycles. The van der Waals surface area contributed by atoms with E-state index in [1.165, 1.54) is 0 Å². The molecule has 0 atom stereocenters. The second-order valence-corrected chi connectivity index (χ2v) is 5.38. The van der Waals surface area contributed by atoms with Crippen LogP contribution in [-0.4, -0.2) is 25.2 Å². The molecule has 0 aliphatic carbocycles. The normalized spacial score (nSPS) is 11.8. The third-order valence-electron chi connectivity index (χ3n) is 3.11. The van der Waals surface area contributed by atoms with Crippen molar-refractivity contribution in [1.82, 2.24) is 0 Å². The lowest BCUT2D eigenvalue weighted by atomic mass is 9.69. The molecule has 0 saturated carbocycles. The molecule has 4 heteroatoms.